The van der Waals surface area contributed by atoms with Crippen molar-refractivity contribution in [3.05, 3.63) is 0 Å². The van der Waals surface area contributed by atoms with Crippen molar-refractivity contribution < 1.29 is 9.84 Å². The lowest BCUT2D eigenvalue weighted by molar-refractivity contribution is -0.0401. The van der Waals surface area contributed by atoms with Crippen LogP contribution in [-0.4, -0.2) is 48.5 Å². The number of methoxy groups -OCH3 is 1. The van der Waals surface area contributed by atoms with E-state index in [-0.39, 0.29) is 12.1 Å². The molecule has 0 aromatic heterocycles. The Hall–Kier alpha value is -0.120. The van der Waals surface area contributed by atoms with Crippen LogP contribution in [0.2, 0.25) is 0 Å². The average Bonchev–Trinajstić information content (AvgIpc) is 2.31. The third-order valence-electron chi connectivity index (χ3n) is 4.77. The molecule has 0 amide bonds. The van der Waals surface area contributed by atoms with Crippen LogP contribution in [0.4, 0.5) is 0 Å². The van der Waals surface area contributed by atoms with E-state index in [4.69, 9.17) is 4.74 Å². The summed E-state index contributed by atoms with van der Waals surface area (Å²) in [6, 6.07) is 0.654. The molecule has 1 aliphatic carbocycles. The zero-order valence-electron chi connectivity index (χ0n) is 13.6. The number of nitrogens with zero attached hydrogens (tertiary/aromatic N) is 1. The van der Waals surface area contributed by atoms with Gasteiger partial charge in [0.1, 0.15) is 0 Å². The Kier molecular flexibility index (Phi) is 6.28. The Morgan fingerprint density at radius 3 is 2.42 bits per heavy atom. The van der Waals surface area contributed by atoms with E-state index in [1.165, 1.54) is 0 Å². The molecular formula is C16H33NO2. The Labute approximate surface area is 119 Å². The maximum atomic E-state index is 10.4. The van der Waals surface area contributed by atoms with Crippen LogP contribution < -0.4 is 0 Å². The van der Waals surface area contributed by atoms with Crippen molar-refractivity contribution in [1.82, 2.24) is 4.90 Å². The standard InChI is InChI=1S/C16H33NO2/c1-7-17(12(2)11-19-6)14-10-13(16(3,4)5)8-9-15(14)18/h12-15,18H,7-11H2,1-6H3. The van der Waals surface area contributed by atoms with Crippen molar-refractivity contribution >= 4 is 0 Å². The molecule has 1 fully saturated rings. The molecule has 3 nitrogen and oxygen atoms in total. The summed E-state index contributed by atoms with van der Waals surface area (Å²) >= 11 is 0. The Balaban J connectivity index is 2.76. The molecule has 4 unspecified atom stereocenters. The van der Waals surface area contributed by atoms with E-state index in [1.54, 1.807) is 7.11 Å². The lowest BCUT2D eigenvalue weighted by atomic mass is 9.70. The molecule has 3 heteroatoms. The summed E-state index contributed by atoms with van der Waals surface area (Å²) in [5.74, 6) is 0.699. The zero-order chi connectivity index (χ0) is 14.6. The summed E-state index contributed by atoms with van der Waals surface area (Å²) in [6.45, 7) is 13.0. The fourth-order valence-electron chi connectivity index (χ4n) is 3.48. The summed E-state index contributed by atoms with van der Waals surface area (Å²) in [6.07, 6.45) is 3.00. The minimum Gasteiger partial charge on any atom is -0.391 e. The summed E-state index contributed by atoms with van der Waals surface area (Å²) < 4.78 is 5.28. The lowest BCUT2D eigenvalue weighted by Crippen LogP contribution is -2.53. The van der Waals surface area contributed by atoms with Crippen LogP contribution in [0, 0.1) is 11.3 Å². The van der Waals surface area contributed by atoms with Crippen LogP contribution in [0.3, 0.4) is 0 Å². The van der Waals surface area contributed by atoms with Gasteiger partial charge in [0.2, 0.25) is 0 Å². The molecule has 4 atom stereocenters. The van der Waals surface area contributed by atoms with Gasteiger partial charge in [0, 0.05) is 19.2 Å². The summed E-state index contributed by atoms with van der Waals surface area (Å²) in [5, 5.41) is 10.4. The predicted octanol–water partition coefficient (Wildman–Crippen LogP) is 2.92. The Morgan fingerprint density at radius 1 is 1.32 bits per heavy atom. The molecule has 19 heavy (non-hydrogen) atoms. The van der Waals surface area contributed by atoms with Crippen LogP contribution in [0.1, 0.15) is 53.9 Å². The molecule has 1 aliphatic rings. The smallest absolute Gasteiger partial charge is 0.0695 e. The van der Waals surface area contributed by atoms with Gasteiger partial charge in [0.05, 0.1) is 12.7 Å². The van der Waals surface area contributed by atoms with Crippen LogP contribution in [0.25, 0.3) is 0 Å². The van der Waals surface area contributed by atoms with Crippen molar-refractivity contribution in [1.29, 1.82) is 0 Å². The largest absolute Gasteiger partial charge is 0.391 e. The van der Waals surface area contributed by atoms with E-state index < -0.39 is 0 Å². The van der Waals surface area contributed by atoms with Crippen LogP contribution in [0.5, 0.6) is 0 Å². The molecule has 0 bridgehead atoms. The van der Waals surface area contributed by atoms with E-state index >= 15 is 0 Å². The Bertz CT molecular complexity index is 262. The van der Waals surface area contributed by atoms with Crippen LogP contribution in [0.15, 0.2) is 0 Å². The van der Waals surface area contributed by atoms with Crippen molar-refractivity contribution in [3.63, 3.8) is 0 Å². The van der Waals surface area contributed by atoms with E-state index in [9.17, 15) is 5.11 Å². The van der Waals surface area contributed by atoms with Crippen molar-refractivity contribution in [2.75, 3.05) is 20.3 Å². The molecule has 1 saturated carbocycles. The van der Waals surface area contributed by atoms with E-state index in [0.29, 0.717) is 17.4 Å². The SMILES string of the molecule is CCN(C(C)COC)C1CC(C(C)(C)C)CCC1O. The maximum absolute atomic E-state index is 10.4. The van der Waals surface area contributed by atoms with Gasteiger partial charge < -0.3 is 9.84 Å². The first-order valence-electron chi connectivity index (χ1n) is 7.74. The highest BCUT2D eigenvalue weighted by molar-refractivity contribution is 4.91. The van der Waals surface area contributed by atoms with Gasteiger partial charge in [-0.1, -0.05) is 27.7 Å². The number of hydrogen-bond donors (Lipinski definition) is 1. The van der Waals surface area contributed by atoms with Gasteiger partial charge in [-0.3, -0.25) is 4.90 Å². The fraction of sp³-hybridized carbons (Fsp3) is 1.00. The highest BCUT2D eigenvalue weighted by atomic mass is 16.5. The van der Waals surface area contributed by atoms with Crippen LogP contribution in [-0.2, 0) is 4.74 Å². The molecule has 0 heterocycles. The van der Waals surface area contributed by atoms with Crippen molar-refractivity contribution in [3.8, 4) is 0 Å². The van der Waals surface area contributed by atoms with Gasteiger partial charge in [-0.25, -0.2) is 0 Å². The first kappa shape index (κ1) is 16.9. The number of ether oxygens (including phenoxy) is 1. The average molecular weight is 271 g/mol. The number of hydrogen-bond acceptors (Lipinski definition) is 3. The normalized spacial score (nSPS) is 30.6. The van der Waals surface area contributed by atoms with E-state index in [0.717, 1.165) is 32.4 Å². The monoisotopic (exact) mass is 271 g/mol. The molecule has 0 spiro atoms. The van der Waals surface area contributed by atoms with Gasteiger partial charge in [-0.2, -0.15) is 0 Å². The molecule has 0 saturated heterocycles. The molecule has 0 aromatic carbocycles. The van der Waals surface area contributed by atoms with Gasteiger partial charge in [0.15, 0.2) is 0 Å². The van der Waals surface area contributed by atoms with E-state index in [1.807, 2.05) is 0 Å². The summed E-state index contributed by atoms with van der Waals surface area (Å²) in [7, 11) is 1.75. The topological polar surface area (TPSA) is 32.7 Å². The van der Waals surface area contributed by atoms with Crippen molar-refractivity contribution in [2.24, 2.45) is 11.3 Å². The lowest BCUT2D eigenvalue weighted by Gasteiger charge is -2.46. The quantitative estimate of drug-likeness (QED) is 0.834. The number of likely N-dealkylation sites (N-methyl/N-ethyl adjacent to an activating group) is 1. The second kappa shape index (κ2) is 7.05. The van der Waals surface area contributed by atoms with Gasteiger partial charge >= 0.3 is 0 Å². The molecule has 0 radical (unpaired) electrons. The summed E-state index contributed by atoms with van der Waals surface area (Å²) in [4.78, 5) is 2.42. The molecular weight excluding hydrogens is 238 g/mol. The maximum Gasteiger partial charge on any atom is 0.0695 e. The molecule has 0 aliphatic heterocycles. The third-order valence-corrected chi connectivity index (χ3v) is 4.77. The minimum atomic E-state index is -0.183. The highest BCUT2D eigenvalue weighted by Crippen LogP contribution is 2.39. The second-order valence-corrected chi connectivity index (χ2v) is 7.15. The van der Waals surface area contributed by atoms with Gasteiger partial charge in [-0.15, -0.1) is 0 Å². The number of aliphatic hydroxyl groups excluding tert-OH is 1. The molecule has 0 aromatic rings. The molecule has 1 rings (SSSR count). The second-order valence-electron chi connectivity index (χ2n) is 7.15. The zero-order valence-corrected chi connectivity index (χ0v) is 13.6. The van der Waals surface area contributed by atoms with Crippen molar-refractivity contribution in [2.45, 2.75) is 72.1 Å². The fourth-order valence-corrected chi connectivity index (χ4v) is 3.48. The minimum absolute atomic E-state index is 0.183. The third kappa shape index (κ3) is 4.44. The Morgan fingerprint density at radius 2 is 1.95 bits per heavy atom. The van der Waals surface area contributed by atoms with E-state index in [2.05, 4.69) is 39.5 Å². The van der Waals surface area contributed by atoms with Gasteiger partial charge in [0.25, 0.3) is 0 Å². The summed E-state index contributed by atoms with van der Waals surface area (Å²) in [5.41, 5.74) is 0.336. The first-order chi connectivity index (χ1) is 8.81. The number of rotatable bonds is 5. The predicted molar refractivity (Wildman–Crippen MR) is 80.3 cm³/mol. The highest BCUT2D eigenvalue weighted by Gasteiger charge is 2.38. The number of aliphatic hydroxyl groups is 1. The molecule has 1 N–H and O–H groups in total. The van der Waals surface area contributed by atoms with Crippen LogP contribution >= 0.6 is 0 Å². The molecule has 114 valence electrons. The van der Waals surface area contributed by atoms with Gasteiger partial charge in [-0.05, 0) is 44.1 Å². The first-order valence-corrected chi connectivity index (χ1v) is 7.74.